The van der Waals surface area contributed by atoms with Crippen molar-refractivity contribution in [3.05, 3.63) is 64.7 Å². The molecule has 0 saturated carbocycles. The van der Waals surface area contributed by atoms with Gasteiger partial charge in [0.15, 0.2) is 0 Å². The second-order valence-electron chi connectivity index (χ2n) is 7.60. The predicted octanol–water partition coefficient (Wildman–Crippen LogP) is 2.28. The van der Waals surface area contributed by atoms with E-state index in [1.807, 2.05) is 0 Å². The van der Waals surface area contributed by atoms with Crippen LogP contribution in [-0.4, -0.2) is 64.8 Å². The number of halogens is 1. The van der Waals surface area contributed by atoms with Crippen molar-refractivity contribution in [2.45, 2.75) is 18.9 Å². The number of rotatable bonds is 10. The number of ether oxygens (including phenoxy) is 1. The lowest BCUT2D eigenvalue weighted by Gasteiger charge is -2.38. The molecule has 2 aromatic carbocycles. The predicted molar refractivity (Wildman–Crippen MR) is 122 cm³/mol. The van der Waals surface area contributed by atoms with Gasteiger partial charge < -0.3 is 25.4 Å². The fourth-order valence-electron chi connectivity index (χ4n) is 3.63. The van der Waals surface area contributed by atoms with Crippen molar-refractivity contribution < 1.29 is 24.2 Å². The number of hydrogen-bond donors (Lipinski definition) is 3. The van der Waals surface area contributed by atoms with E-state index in [1.165, 1.54) is 9.80 Å². The Balaban J connectivity index is 1.55. The van der Waals surface area contributed by atoms with Gasteiger partial charge in [0.25, 0.3) is 0 Å². The van der Waals surface area contributed by atoms with Crippen LogP contribution in [0, 0.1) is 5.41 Å². The number of amidine groups is 1. The third kappa shape index (κ3) is 6.23. The van der Waals surface area contributed by atoms with Gasteiger partial charge in [0.2, 0.25) is 0 Å². The van der Waals surface area contributed by atoms with Crippen LogP contribution in [0.4, 0.5) is 0 Å². The number of carbonyl (C=O) groups is 3. The molecule has 1 atom stereocenters. The van der Waals surface area contributed by atoms with Crippen molar-refractivity contribution >= 4 is 35.2 Å². The molecule has 0 bridgehead atoms. The van der Waals surface area contributed by atoms with Crippen molar-refractivity contribution in [3.8, 4) is 5.75 Å². The maximum Gasteiger partial charge on any atom is 0.312 e. The number of carboxylic acids is 1. The highest BCUT2D eigenvalue weighted by Gasteiger charge is 2.37. The van der Waals surface area contributed by atoms with Gasteiger partial charge in [-0.2, -0.15) is 0 Å². The first-order chi connectivity index (χ1) is 15.8. The lowest BCUT2D eigenvalue weighted by Crippen LogP contribution is -2.55. The molecule has 0 aromatic heterocycles. The van der Waals surface area contributed by atoms with Crippen LogP contribution < -0.4 is 10.5 Å². The Morgan fingerprint density at radius 1 is 1.09 bits per heavy atom. The summed E-state index contributed by atoms with van der Waals surface area (Å²) in [6, 6.07) is 12.6. The summed E-state index contributed by atoms with van der Waals surface area (Å²) in [6.07, 6.45) is 0.208. The van der Waals surface area contributed by atoms with Gasteiger partial charge in [-0.1, -0.05) is 23.7 Å². The number of aliphatic carboxylic acids is 1. The Morgan fingerprint density at radius 2 is 1.76 bits per heavy atom. The standard InChI is InChI=1S/C23H25ClN4O5/c24-17-6-2-15(3-7-17)19(14-20(29)30)28-12-11-27(22(31)23(28)32)10-1-13-33-18-8-4-16(5-9-18)21(25)26/h2-9,19H,1,10-14H2,(H3,25,26)(H,29,30). The van der Waals surface area contributed by atoms with Crippen molar-refractivity contribution in [2.24, 2.45) is 5.73 Å². The van der Waals surface area contributed by atoms with E-state index >= 15 is 0 Å². The number of piperazine rings is 1. The van der Waals surface area contributed by atoms with Gasteiger partial charge in [0.1, 0.15) is 11.6 Å². The van der Waals surface area contributed by atoms with Gasteiger partial charge in [0, 0.05) is 30.2 Å². The molecule has 0 spiro atoms. The number of carbonyl (C=O) groups excluding carboxylic acids is 2. The largest absolute Gasteiger partial charge is 0.494 e. The molecule has 33 heavy (non-hydrogen) atoms. The first-order valence-electron chi connectivity index (χ1n) is 10.4. The Morgan fingerprint density at radius 3 is 2.36 bits per heavy atom. The molecule has 1 heterocycles. The average Bonchev–Trinajstić information content (AvgIpc) is 2.79. The lowest BCUT2D eigenvalue weighted by atomic mass is 10.0. The molecule has 10 heteroatoms. The number of nitrogens with two attached hydrogens (primary N) is 1. The number of nitrogens with one attached hydrogen (secondary N) is 1. The Hall–Kier alpha value is -3.59. The second-order valence-corrected chi connectivity index (χ2v) is 8.03. The highest BCUT2D eigenvalue weighted by atomic mass is 35.5. The van der Waals surface area contributed by atoms with Crippen LogP contribution in [0.15, 0.2) is 48.5 Å². The summed E-state index contributed by atoms with van der Waals surface area (Å²) in [5.41, 5.74) is 6.64. The summed E-state index contributed by atoms with van der Waals surface area (Å²) in [5.74, 6) is -1.84. The highest BCUT2D eigenvalue weighted by Crippen LogP contribution is 2.28. The third-order valence-electron chi connectivity index (χ3n) is 5.35. The summed E-state index contributed by atoms with van der Waals surface area (Å²) >= 11 is 5.92. The van der Waals surface area contributed by atoms with Crippen molar-refractivity contribution in [3.63, 3.8) is 0 Å². The van der Waals surface area contributed by atoms with Gasteiger partial charge in [0.05, 0.1) is 19.1 Å². The van der Waals surface area contributed by atoms with E-state index < -0.39 is 23.8 Å². The minimum Gasteiger partial charge on any atom is -0.494 e. The minimum atomic E-state index is -1.06. The molecule has 174 valence electrons. The number of amides is 2. The summed E-state index contributed by atoms with van der Waals surface area (Å²) in [6.45, 7) is 1.22. The van der Waals surface area contributed by atoms with Crippen molar-refractivity contribution in [1.29, 1.82) is 5.41 Å². The smallest absolute Gasteiger partial charge is 0.312 e. The zero-order valence-corrected chi connectivity index (χ0v) is 18.6. The number of nitrogen functional groups attached to an aromatic ring is 1. The van der Waals surface area contributed by atoms with Crippen LogP contribution in [0.3, 0.4) is 0 Å². The highest BCUT2D eigenvalue weighted by molar-refractivity contribution is 6.35. The van der Waals surface area contributed by atoms with E-state index in [2.05, 4.69) is 0 Å². The third-order valence-corrected chi connectivity index (χ3v) is 5.60. The number of nitrogens with zero attached hydrogens (tertiary/aromatic N) is 2. The van der Waals surface area contributed by atoms with Gasteiger partial charge in [-0.05, 0) is 48.4 Å². The monoisotopic (exact) mass is 472 g/mol. The molecule has 2 aromatic rings. The van der Waals surface area contributed by atoms with Crippen LogP contribution >= 0.6 is 11.6 Å². The van der Waals surface area contributed by atoms with Crippen LogP contribution in [0.5, 0.6) is 5.75 Å². The average molecular weight is 473 g/mol. The SMILES string of the molecule is N=C(N)c1ccc(OCCCN2CCN(C(CC(=O)O)c3ccc(Cl)cc3)C(=O)C2=O)cc1. The van der Waals surface area contributed by atoms with E-state index in [4.69, 9.17) is 27.5 Å². The van der Waals surface area contributed by atoms with E-state index in [-0.39, 0.29) is 18.8 Å². The first-order valence-corrected chi connectivity index (χ1v) is 10.8. The molecule has 1 saturated heterocycles. The van der Waals surface area contributed by atoms with Gasteiger partial charge in [-0.15, -0.1) is 0 Å². The molecule has 1 aliphatic heterocycles. The molecule has 9 nitrogen and oxygen atoms in total. The van der Waals surface area contributed by atoms with Crippen molar-refractivity contribution in [2.75, 3.05) is 26.2 Å². The fourth-order valence-corrected chi connectivity index (χ4v) is 3.76. The van der Waals surface area contributed by atoms with E-state index in [9.17, 15) is 19.5 Å². The van der Waals surface area contributed by atoms with Crippen LogP contribution in [-0.2, 0) is 14.4 Å². The number of hydrogen-bond acceptors (Lipinski definition) is 5. The lowest BCUT2D eigenvalue weighted by molar-refractivity contribution is -0.159. The molecule has 0 radical (unpaired) electrons. The van der Waals surface area contributed by atoms with Crippen molar-refractivity contribution in [1.82, 2.24) is 9.80 Å². The molecule has 1 fully saturated rings. The molecule has 2 amide bonds. The Bertz CT molecular complexity index is 1030. The molecule has 1 aliphatic rings. The maximum absolute atomic E-state index is 12.8. The fraction of sp³-hybridized carbons (Fsp3) is 0.304. The minimum absolute atomic E-state index is 0.0227. The Labute approximate surface area is 196 Å². The molecular weight excluding hydrogens is 448 g/mol. The van der Waals surface area contributed by atoms with Gasteiger partial charge >= 0.3 is 17.8 Å². The molecule has 4 N–H and O–H groups in total. The van der Waals surface area contributed by atoms with E-state index in [1.54, 1.807) is 48.5 Å². The maximum atomic E-state index is 12.8. The summed E-state index contributed by atoms with van der Waals surface area (Å²) in [7, 11) is 0. The van der Waals surface area contributed by atoms with Crippen LogP contribution in [0.1, 0.15) is 30.0 Å². The summed E-state index contributed by atoms with van der Waals surface area (Å²) in [5, 5.41) is 17.2. The zero-order chi connectivity index (χ0) is 24.0. The van der Waals surface area contributed by atoms with Crippen LogP contribution in [0.25, 0.3) is 0 Å². The zero-order valence-electron chi connectivity index (χ0n) is 17.9. The van der Waals surface area contributed by atoms with E-state index in [0.29, 0.717) is 48.0 Å². The number of benzene rings is 2. The Kier molecular flexibility index (Phi) is 7.89. The number of carboxylic acid groups (broad SMARTS) is 1. The van der Waals surface area contributed by atoms with Gasteiger partial charge in [-0.25, -0.2) is 0 Å². The normalized spacial score (nSPS) is 14.8. The second kappa shape index (κ2) is 10.8. The molecule has 1 unspecified atom stereocenters. The van der Waals surface area contributed by atoms with Crippen LogP contribution in [0.2, 0.25) is 5.02 Å². The topological polar surface area (TPSA) is 137 Å². The molecule has 0 aliphatic carbocycles. The molecular formula is C23H25ClN4O5. The quantitative estimate of drug-likeness (QED) is 0.210. The summed E-state index contributed by atoms with van der Waals surface area (Å²) < 4.78 is 5.64. The summed E-state index contributed by atoms with van der Waals surface area (Å²) in [4.78, 5) is 39.6. The van der Waals surface area contributed by atoms with Gasteiger partial charge in [-0.3, -0.25) is 19.8 Å². The molecule has 3 rings (SSSR count). The first kappa shape index (κ1) is 24.1. The van der Waals surface area contributed by atoms with E-state index in [0.717, 1.165) is 0 Å².